The molecule has 1 aromatic heterocycles. The summed E-state index contributed by atoms with van der Waals surface area (Å²) in [4.78, 5) is 29.2. The van der Waals surface area contributed by atoms with Gasteiger partial charge in [-0.15, -0.1) is 11.3 Å². The molecular weight excluding hydrogens is 394 g/mol. The fourth-order valence-electron chi connectivity index (χ4n) is 2.51. The molecule has 1 amide bonds. The molecule has 8 heteroatoms. The van der Waals surface area contributed by atoms with Gasteiger partial charge in [-0.25, -0.2) is 9.78 Å². The number of hydrogen-bond acceptors (Lipinski definition) is 7. The summed E-state index contributed by atoms with van der Waals surface area (Å²) in [6, 6.07) is 9.08. The number of nitrogens with two attached hydrogens (primary N) is 1. The second-order valence-electron chi connectivity index (χ2n) is 6.24. The number of hydrogen-bond donors (Lipinski definition) is 2. The van der Waals surface area contributed by atoms with E-state index in [1.807, 2.05) is 30.3 Å². The summed E-state index contributed by atoms with van der Waals surface area (Å²) in [6.45, 7) is 4.06. The summed E-state index contributed by atoms with van der Waals surface area (Å²) in [5, 5.41) is 5.17. The fourth-order valence-corrected chi connectivity index (χ4v) is 4.35. The quantitative estimate of drug-likeness (QED) is 0.539. The highest BCUT2D eigenvalue weighted by molar-refractivity contribution is 7.98. The van der Waals surface area contributed by atoms with Gasteiger partial charge in [-0.05, 0) is 18.9 Å². The lowest BCUT2D eigenvalue weighted by molar-refractivity contribution is -0.144. The molecule has 3 N–H and O–H groups in total. The van der Waals surface area contributed by atoms with Crippen molar-refractivity contribution < 1.29 is 14.3 Å². The topological polar surface area (TPSA) is 94.3 Å². The molecule has 0 fully saturated rings. The molecule has 1 heterocycles. The van der Waals surface area contributed by atoms with Crippen LogP contribution >= 0.6 is 23.1 Å². The molecule has 2 aromatic rings. The van der Waals surface area contributed by atoms with E-state index in [0.29, 0.717) is 5.75 Å². The third kappa shape index (κ3) is 6.92. The van der Waals surface area contributed by atoms with Crippen LogP contribution in [0.5, 0.6) is 0 Å². The van der Waals surface area contributed by atoms with Crippen molar-refractivity contribution in [1.29, 1.82) is 0 Å². The van der Waals surface area contributed by atoms with Gasteiger partial charge in [0.15, 0.2) is 0 Å². The molecule has 0 saturated carbocycles. The molecule has 0 spiro atoms. The number of carbonyl (C=O) groups excluding carboxylic acids is 2. The van der Waals surface area contributed by atoms with Gasteiger partial charge in [-0.2, -0.15) is 11.8 Å². The number of nitrogens with zero attached hydrogens (tertiary/aromatic N) is 1. The van der Waals surface area contributed by atoms with Crippen molar-refractivity contribution in [2.24, 2.45) is 5.73 Å². The van der Waals surface area contributed by atoms with Crippen LogP contribution in [0.3, 0.4) is 0 Å². The maximum atomic E-state index is 12.6. The lowest BCUT2D eigenvalue weighted by Crippen LogP contribution is -2.43. The summed E-state index contributed by atoms with van der Waals surface area (Å²) < 4.78 is 5.11. The predicted molar refractivity (Wildman–Crippen MR) is 114 cm³/mol. The molecule has 0 aliphatic carbocycles. The van der Waals surface area contributed by atoms with Crippen molar-refractivity contribution in [3.63, 3.8) is 0 Å². The first-order valence-electron chi connectivity index (χ1n) is 9.35. The van der Waals surface area contributed by atoms with Crippen LogP contribution in [0.25, 0.3) is 0 Å². The molecule has 6 nitrogen and oxygen atoms in total. The average molecular weight is 422 g/mol. The molecule has 2 unspecified atom stereocenters. The van der Waals surface area contributed by atoms with Gasteiger partial charge in [0.2, 0.25) is 0 Å². The number of ether oxygens (including phenoxy) is 1. The maximum Gasteiger partial charge on any atom is 0.329 e. The van der Waals surface area contributed by atoms with E-state index in [-0.39, 0.29) is 24.2 Å². The second-order valence-corrected chi connectivity index (χ2v) is 8.16. The van der Waals surface area contributed by atoms with E-state index >= 15 is 0 Å². The summed E-state index contributed by atoms with van der Waals surface area (Å²) >= 11 is 2.94. The maximum absolute atomic E-state index is 12.6. The molecule has 2 rings (SSSR count). The summed E-state index contributed by atoms with van der Waals surface area (Å²) in [6.07, 6.45) is 1.77. The highest BCUT2D eigenvalue weighted by Crippen LogP contribution is 2.20. The zero-order valence-corrected chi connectivity index (χ0v) is 17.9. The zero-order valence-electron chi connectivity index (χ0n) is 16.2. The van der Waals surface area contributed by atoms with Gasteiger partial charge in [0.25, 0.3) is 5.91 Å². The first kappa shape index (κ1) is 22.4. The smallest absolute Gasteiger partial charge is 0.329 e. The summed E-state index contributed by atoms with van der Waals surface area (Å²) in [5.41, 5.74) is 7.52. The predicted octanol–water partition coefficient (Wildman–Crippen LogP) is 3.54. The lowest BCUT2D eigenvalue weighted by Gasteiger charge is -2.16. The van der Waals surface area contributed by atoms with Crippen LogP contribution in [0.2, 0.25) is 0 Å². The van der Waals surface area contributed by atoms with E-state index in [1.54, 1.807) is 24.1 Å². The number of benzene rings is 1. The number of nitrogens with one attached hydrogen (secondary N) is 1. The SMILES string of the molecule is CCCC(N)c1nc(C(=O)NC(CSCc2ccccc2)C(=O)OCC)cs1. The second kappa shape index (κ2) is 11.8. The molecule has 0 aliphatic rings. The van der Waals surface area contributed by atoms with Gasteiger partial charge in [-0.1, -0.05) is 43.7 Å². The molecule has 0 saturated heterocycles. The Bertz CT molecular complexity index is 752. The van der Waals surface area contributed by atoms with Gasteiger partial charge in [-0.3, -0.25) is 4.79 Å². The van der Waals surface area contributed by atoms with Crippen molar-refractivity contribution in [2.75, 3.05) is 12.4 Å². The van der Waals surface area contributed by atoms with Crippen molar-refractivity contribution in [3.8, 4) is 0 Å². The van der Waals surface area contributed by atoms with Crippen molar-refractivity contribution in [2.45, 2.75) is 44.5 Å². The highest BCUT2D eigenvalue weighted by Gasteiger charge is 2.24. The van der Waals surface area contributed by atoms with Gasteiger partial charge in [0, 0.05) is 16.9 Å². The Kier molecular flexibility index (Phi) is 9.46. The molecule has 2 atom stereocenters. The average Bonchev–Trinajstić information content (AvgIpc) is 3.19. The number of aromatic nitrogens is 1. The minimum Gasteiger partial charge on any atom is -0.464 e. The van der Waals surface area contributed by atoms with E-state index in [9.17, 15) is 9.59 Å². The Morgan fingerprint density at radius 2 is 2.04 bits per heavy atom. The minimum atomic E-state index is -0.726. The summed E-state index contributed by atoms with van der Waals surface area (Å²) in [7, 11) is 0. The van der Waals surface area contributed by atoms with E-state index in [2.05, 4.69) is 17.2 Å². The van der Waals surface area contributed by atoms with E-state index in [4.69, 9.17) is 10.5 Å². The Morgan fingerprint density at radius 1 is 1.29 bits per heavy atom. The fraction of sp³-hybridized carbons (Fsp3) is 0.450. The number of thiazole rings is 1. The molecule has 0 aliphatic heterocycles. The lowest BCUT2D eigenvalue weighted by atomic mass is 10.2. The molecule has 0 bridgehead atoms. The molecular formula is C20H27N3O3S2. The van der Waals surface area contributed by atoms with Gasteiger partial charge in [0.1, 0.15) is 16.7 Å². The normalized spacial score (nSPS) is 13.0. The number of carbonyl (C=O) groups is 2. The Hall–Kier alpha value is -1.90. The van der Waals surface area contributed by atoms with Gasteiger partial charge < -0.3 is 15.8 Å². The number of esters is 1. The van der Waals surface area contributed by atoms with E-state index in [0.717, 1.165) is 29.2 Å². The monoisotopic (exact) mass is 421 g/mol. The van der Waals surface area contributed by atoms with E-state index < -0.39 is 12.0 Å². The Balaban J connectivity index is 1.97. The third-order valence-electron chi connectivity index (χ3n) is 3.94. The Morgan fingerprint density at radius 3 is 2.71 bits per heavy atom. The standard InChI is InChI=1S/C20H27N3O3S2/c1-3-8-15(21)19-23-16(13-28-19)18(24)22-17(20(25)26-4-2)12-27-11-14-9-6-5-7-10-14/h5-7,9-10,13,15,17H,3-4,8,11-12,21H2,1-2H3,(H,22,24). The number of thioether (sulfide) groups is 1. The first-order chi connectivity index (χ1) is 13.5. The first-order valence-corrected chi connectivity index (χ1v) is 11.4. The molecule has 0 radical (unpaired) electrons. The van der Waals surface area contributed by atoms with Crippen LogP contribution < -0.4 is 11.1 Å². The van der Waals surface area contributed by atoms with Crippen molar-refractivity contribution >= 4 is 35.0 Å². The largest absolute Gasteiger partial charge is 0.464 e. The van der Waals surface area contributed by atoms with Crippen LogP contribution in [0.4, 0.5) is 0 Å². The van der Waals surface area contributed by atoms with Crippen LogP contribution in [0, 0.1) is 0 Å². The van der Waals surface area contributed by atoms with Crippen LogP contribution in [-0.4, -0.2) is 35.3 Å². The minimum absolute atomic E-state index is 0.168. The molecule has 28 heavy (non-hydrogen) atoms. The molecule has 1 aromatic carbocycles. The zero-order chi connectivity index (χ0) is 20.4. The van der Waals surface area contributed by atoms with E-state index in [1.165, 1.54) is 11.3 Å². The third-order valence-corrected chi connectivity index (χ3v) is 6.03. The van der Waals surface area contributed by atoms with Crippen LogP contribution in [-0.2, 0) is 15.3 Å². The summed E-state index contributed by atoms with van der Waals surface area (Å²) in [5.74, 6) is 0.352. The van der Waals surface area contributed by atoms with Crippen LogP contribution in [0.1, 0.15) is 53.8 Å². The van der Waals surface area contributed by atoms with Crippen molar-refractivity contribution in [3.05, 3.63) is 52.0 Å². The number of amides is 1. The van der Waals surface area contributed by atoms with Gasteiger partial charge >= 0.3 is 5.97 Å². The van der Waals surface area contributed by atoms with Crippen molar-refractivity contribution in [1.82, 2.24) is 10.3 Å². The van der Waals surface area contributed by atoms with Gasteiger partial charge in [0.05, 0.1) is 12.6 Å². The number of rotatable bonds is 11. The molecule has 152 valence electrons. The Labute approximate surface area is 174 Å². The highest BCUT2D eigenvalue weighted by atomic mass is 32.2. The van der Waals surface area contributed by atoms with Crippen LogP contribution in [0.15, 0.2) is 35.7 Å².